The monoisotopic (exact) mass is 434 g/mol. The predicted octanol–water partition coefficient (Wildman–Crippen LogP) is 5.23. The molecule has 4 aromatic rings. The number of hydrogen-bond acceptors (Lipinski definition) is 8. The number of carbonyl (C=O) groups excluding carboxylic acids is 1. The lowest BCUT2D eigenvalue weighted by atomic mass is 10.2. The first kappa shape index (κ1) is 19.7. The molecule has 3 heterocycles. The molecular weight excluding hydrogens is 420 g/mol. The fourth-order valence-corrected chi connectivity index (χ4v) is 3.97. The standard InChI is InChI=1S/C21H14N4O3S2/c22-12-15(19(26)23-21-25-24-20(30-21)17-7-4-10-27-17)11-16-8-9-18(28-16)29-13-14-5-2-1-3-6-14/h1-11H,13H2,(H,23,25,26). The lowest BCUT2D eigenvalue weighted by molar-refractivity contribution is -0.112. The molecule has 0 aliphatic heterocycles. The number of thioether (sulfide) groups is 1. The van der Waals surface area contributed by atoms with E-state index >= 15 is 0 Å². The number of aromatic nitrogens is 2. The third kappa shape index (κ3) is 4.86. The molecule has 7 nitrogen and oxygen atoms in total. The Kier molecular flexibility index (Phi) is 6.08. The van der Waals surface area contributed by atoms with Crippen molar-refractivity contribution in [3.05, 3.63) is 77.8 Å². The zero-order valence-corrected chi connectivity index (χ0v) is 17.1. The molecule has 4 rings (SSSR count). The molecular formula is C21H14N4O3S2. The van der Waals surface area contributed by atoms with Crippen LogP contribution in [-0.2, 0) is 10.5 Å². The Hall–Kier alpha value is -3.61. The summed E-state index contributed by atoms with van der Waals surface area (Å²) >= 11 is 2.69. The van der Waals surface area contributed by atoms with Gasteiger partial charge in [-0.1, -0.05) is 53.4 Å². The molecule has 1 N–H and O–H groups in total. The number of carbonyl (C=O) groups is 1. The lowest BCUT2D eigenvalue weighted by Crippen LogP contribution is -2.13. The van der Waals surface area contributed by atoms with Crippen molar-refractivity contribution in [1.82, 2.24) is 10.2 Å². The summed E-state index contributed by atoms with van der Waals surface area (Å²) in [7, 11) is 0. The average Bonchev–Trinajstić information content (AvgIpc) is 3.53. The maximum atomic E-state index is 12.4. The minimum atomic E-state index is -0.588. The molecule has 3 aromatic heterocycles. The van der Waals surface area contributed by atoms with Gasteiger partial charge in [0.2, 0.25) is 5.13 Å². The number of amides is 1. The van der Waals surface area contributed by atoms with Crippen LogP contribution in [0.25, 0.3) is 16.8 Å². The number of nitriles is 1. The minimum absolute atomic E-state index is 0.0984. The number of rotatable bonds is 7. The number of nitrogens with one attached hydrogen (secondary N) is 1. The van der Waals surface area contributed by atoms with E-state index in [1.165, 1.54) is 29.7 Å². The van der Waals surface area contributed by atoms with E-state index in [1.54, 1.807) is 18.2 Å². The molecule has 0 fully saturated rings. The smallest absolute Gasteiger partial charge is 0.268 e. The molecule has 148 valence electrons. The first-order valence-electron chi connectivity index (χ1n) is 8.78. The summed E-state index contributed by atoms with van der Waals surface area (Å²) in [6.07, 6.45) is 2.93. The van der Waals surface area contributed by atoms with Crippen LogP contribution in [0.15, 0.2) is 80.4 Å². The van der Waals surface area contributed by atoms with Gasteiger partial charge in [-0.15, -0.1) is 10.2 Å². The summed E-state index contributed by atoms with van der Waals surface area (Å²) in [6, 6.07) is 18.9. The van der Waals surface area contributed by atoms with Gasteiger partial charge < -0.3 is 8.83 Å². The van der Waals surface area contributed by atoms with Crippen molar-refractivity contribution in [1.29, 1.82) is 5.26 Å². The van der Waals surface area contributed by atoms with Crippen molar-refractivity contribution in [2.75, 3.05) is 5.32 Å². The Morgan fingerprint density at radius 1 is 1.17 bits per heavy atom. The van der Waals surface area contributed by atoms with Gasteiger partial charge in [0.25, 0.3) is 5.91 Å². The van der Waals surface area contributed by atoms with E-state index in [4.69, 9.17) is 8.83 Å². The van der Waals surface area contributed by atoms with Crippen molar-refractivity contribution in [3.8, 4) is 16.8 Å². The van der Waals surface area contributed by atoms with Crippen molar-refractivity contribution < 1.29 is 13.6 Å². The topological polar surface area (TPSA) is 105 Å². The molecule has 0 saturated carbocycles. The minimum Gasteiger partial charge on any atom is -0.462 e. The maximum Gasteiger partial charge on any atom is 0.268 e. The van der Waals surface area contributed by atoms with Gasteiger partial charge in [-0.2, -0.15) is 5.26 Å². The molecule has 1 amide bonds. The van der Waals surface area contributed by atoms with Crippen molar-refractivity contribution in [2.45, 2.75) is 10.8 Å². The highest BCUT2D eigenvalue weighted by atomic mass is 32.2. The zero-order chi connectivity index (χ0) is 20.8. The van der Waals surface area contributed by atoms with Crippen LogP contribution in [0.2, 0.25) is 0 Å². The molecule has 30 heavy (non-hydrogen) atoms. The Morgan fingerprint density at radius 2 is 2.03 bits per heavy atom. The van der Waals surface area contributed by atoms with Gasteiger partial charge in [-0.05, 0) is 29.8 Å². The quantitative estimate of drug-likeness (QED) is 0.241. The van der Waals surface area contributed by atoms with E-state index in [1.807, 2.05) is 42.5 Å². The fraction of sp³-hybridized carbons (Fsp3) is 0.0476. The molecule has 9 heteroatoms. The second kappa shape index (κ2) is 9.26. The van der Waals surface area contributed by atoms with E-state index in [0.717, 1.165) is 17.1 Å². The first-order valence-corrected chi connectivity index (χ1v) is 10.6. The van der Waals surface area contributed by atoms with E-state index in [9.17, 15) is 10.1 Å². The van der Waals surface area contributed by atoms with Crippen LogP contribution in [0.3, 0.4) is 0 Å². The SMILES string of the molecule is N#CC(=Cc1ccc(SCc2ccccc2)o1)C(=O)Nc1nnc(-c2ccco2)s1. The Balaban J connectivity index is 1.40. The normalized spacial score (nSPS) is 11.2. The molecule has 0 spiro atoms. The summed E-state index contributed by atoms with van der Waals surface area (Å²) in [4.78, 5) is 12.4. The number of benzene rings is 1. The van der Waals surface area contributed by atoms with Crippen LogP contribution < -0.4 is 5.32 Å². The maximum absolute atomic E-state index is 12.4. The van der Waals surface area contributed by atoms with E-state index < -0.39 is 5.91 Å². The number of hydrogen-bond donors (Lipinski definition) is 1. The molecule has 0 unspecified atom stereocenters. The van der Waals surface area contributed by atoms with Crippen LogP contribution in [0.5, 0.6) is 0 Å². The lowest BCUT2D eigenvalue weighted by Gasteiger charge is -1.99. The van der Waals surface area contributed by atoms with Gasteiger partial charge in [-0.25, -0.2) is 0 Å². The highest BCUT2D eigenvalue weighted by molar-refractivity contribution is 7.98. The third-order valence-electron chi connectivity index (χ3n) is 3.86. The van der Waals surface area contributed by atoms with Gasteiger partial charge in [0.05, 0.1) is 6.26 Å². The van der Waals surface area contributed by atoms with Crippen LogP contribution in [-0.4, -0.2) is 16.1 Å². The van der Waals surface area contributed by atoms with E-state index in [-0.39, 0.29) is 10.7 Å². The molecule has 0 aliphatic carbocycles. The summed E-state index contributed by atoms with van der Waals surface area (Å²) in [5.41, 5.74) is 1.08. The van der Waals surface area contributed by atoms with Crippen LogP contribution in [0.4, 0.5) is 5.13 Å². The van der Waals surface area contributed by atoms with Gasteiger partial charge in [-0.3, -0.25) is 10.1 Å². The summed E-state index contributed by atoms with van der Waals surface area (Å²) < 4.78 is 11.0. The fourth-order valence-electron chi connectivity index (χ4n) is 2.45. The van der Waals surface area contributed by atoms with Crippen molar-refractivity contribution >= 4 is 40.2 Å². The summed E-state index contributed by atoms with van der Waals surface area (Å²) in [6.45, 7) is 0. The second-order valence-corrected chi connectivity index (χ2v) is 7.90. The highest BCUT2D eigenvalue weighted by Gasteiger charge is 2.15. The average molecular weight is 435 g/mol. The van der Waals surface area contributed by atoms with E-state index in [0.29, 0.717) is 21.6 Å². The predicted molar refractivity (Wildman–Crippen MR) is 115 cm³/mol. The van der Waals surface area contributed by atoms with Gasteiger partial charge >= 0.3 is 0 Å². The molecule has 0 saturated heterocycles. The Bertz CT molecular complexity index is 1200. The van der Waals surface area contributed by atoms with Crippen LogP contribution in [0.1, 0.15) is 11.3 Å². The van der Waals surface area contributed by atoms with E-state index in [2.05, 4.69) is 15.5 Å². The zero-order valence-electron chi connectivity index (χ0n) is 15.4. The van der Waals surface area contributed by atoms with Gasteiger partial charge in [0.1, 0.15) is 17.4 Å². The first-order chi connectivity index (χ1) is 14.7. The Labute approximate surface area is 180 Å². The number of nitrogens with zero attached hydrogens (tertiary/aromatic N) is 3. The molecule has 1 aromatic carbocycles. The summed E-state index contributed by atoms with van der Waals surface area (Å²) in [5.74, 6) is 1.15. The number of furan rings is 2. The van der Waals surface area contributed by atoms with Gasteiger partial charge in [0, 0.05) is 11.8 Å². The van der Waals surface area contributed by atoms with Crippen molar-refractivity contribution in [3.63, 3.8) is 0 Å². The van der Waals surface area contributed by atoms with Crippen LogP contribution in [0, 0.1) is 11.3 Å². The Morgan fingerprint density at radius 3 is 2.80 bits per heavy atom. The largest absolute Gasteiger partial charge is 0.462 e. The van der Waals surface area contributed by atoms with Crippen molar-refractivity contribution in [2.24, 2.45) is 0 Å². The number of anilines is 1. The molecule has 0 atom stereocenters. The second-order valence-electron chi connectivity index (χ2n) is 5.94. The highest BCUT2D eigenvalue weighted by Crippen LogP contribution is 2.28. The van der Waals surface area contributed by atoms with Crippen LogP contribution >= 0.6 is 23.1 Å². The third-order valence-corrected chi connectivity index (χ3v) is 5.69. The molecule has 0 aliphatic rings. The molecule has 0 radical (unpaired) electrons. The van der Waals surface area contributed by atoms with Gasteiger partial charge in [0.15, 0.2) is 15.9 Å². The molecule has 0 bridgehead atoms. The summed E-state index contributed by atoms with van der Waals surface area (Å²) in [5, 5.41) is 21.3.